The maximum absolute atomic E-state index is 13.4. The van der Waals surface area contributed by atoms with E-state index in [1.165, 1.54) is 24.3 Å². The number of hydroxylamine groups is 1. The van der Waals surface area contributed by atoms with E-state index in [9.17, 15) is 14.0 Å². The SMILES string of the molecule is O=C1[C@H]2[C@H](ON(c3ccccc3)[C@H]2c2ccc(Br)cc2)C(=O)N1c1ccc(F)cc1. The van der Waals surface area contributed by atoms with E-state index in [2.05, 4.69) is 15.9 Å². The highest BCUT2D eigenvalue weighted by atomic mass is 79.9. The summed E-state index contributed by atoms with van der Waals surface area (Å²) in [6, 6.07) is 21.8. The van der Waals surface area contributed by atoms with Gasteiger partial charge in [0.1, 0.15) is 11.7 Å². The second-order valence-corrected chi connectivity index (χ2v) is 8.11. The molecule has 2 fully saturated rings. The lowest BCUT2D eigenvalue weighted by atomic mass is 9.90. The zero-order valence-corrected chi connectivity index (χ0v) is 17.2. The third kappa shape index (κ3) is 3.02. The van der Waals surface area contributed by atoms with Gasteiger partial charge in [-0.15, -0.1) is 0 Å². The summed E-state index contributed by atoms with van der Waals surface area (Å²) in [5.41, 5.74) is 1.95. The molecule has 0 aliphatic carbocycles. The largest absolute Gasteiger partial charge is 0.273 e. The van der Waals surface area contributed by atoms with Gasteiger partial charge in [0.05, 0.1) is 17.4 Å². The van der Waals surface area contributed by atoms with E-state index in [0.29, 0.717) is 5.69 Å². The van der Waals surface area contributed by atoms with Gasteiger partial charge in [0.15, 0.2) is 6.10 Å². The number of anilines is 2. The zero-order chi connectivity index (χ0) is 20.8. The second kappa shape index (κ2) is 7.34. The minimum Gasteiger partial charge on any atom is -0.273 e. The van der Waals surface area contributed by atoms with E-state index in [4.69, 9.17) is 4.84 Å². The molecule has 2 saturated heterocycles. The number of hydrogen-bond acceptors (Lipinski definition) is 4. The van der Waals surface area contributed by atoms with Crippen molar-refractivity contribution < 1.29 is 18.8 Å². The molecule has 5 rings (SSSR count). The van der Waals surface area contributed by atoms with Crippen molar-refractivity contribution in [2.24, 2.45) is 5.92 Å². The summed E-state index contributed by atoms with van der Waals surface area (Å²) in [5.74, 6) is -1.96. The molecule has 7 heteroatoms. The molecule has 30 heavy (non-hydrogen) atoms. The normalized spacial score (nSPS) is 23.2. The summed E-state index contributed by atoms with van der Waals surface area (Å²) in [4.78, 5) is 33.7. The maximum Gasteiger partial charge on any atom is 0.266 e. The highest BCUT2D eigenvalue weighted by molar-refractivity contribution is 9.10. The van der Waals surface area contributed by atoms with Crippen molar-refractivity contribution in [3.8, 4) is 0 Å². The van der Waals surface area contributed by atoms with Gasteiger partial charge in [-0.3, -0.25) is 14.4 Å². The van der Waals surface area contributed by atoms with E-state index in [1.807, 2.05) is 54.6 Å². The van der Waals surface area contributed by atoms with E-state index >= 15 is 0 Å². The lowest BCUT2D eigenvalue weighted by Gasteiger charge is -2.28. The Morgan fingerprint density at radius 3 is 2.13 bits per heavy atom. The zero-order valence-electron chi connectivity index (χ0n) is 15.6. The molecule has 2 amide bonds. The molecule has 3 aromatic rings. The highest BCUT2D eigenvalue weighted by Gasteiger charge is 2.60. The minimum atomic E-state index is -0.948. The average molecular weight is 467 g/mol. The van der Waals surface area contributed by atoms with Crippen LogP contribution in [0.1, 0.15) is 11.6 Å². The fraction of sp³-hybridized carbons (Fsp3) is 0.130. The van der Waals surface area contributed by atoms with Crippen LogP contribution in [0.2, 0.25) is 0 Å². The molecule has 0 aromatic heterocycles. The molecule has 0 spiro atoms. The number of benzene rings is 3. The lowest BCUT2D eigenvalue weighted by Crippen LogP contribution is -2.37. The number of nitrogens with zero attached hydrogens (tertiary/aromatic N) is 2. The fourth-order valence-corrected chi connectivity index (χ4v) is 4.32. The Hall–Kier alpha value is -3.03. The molecule has 3 aromatic carbocycles. The van der Waals surface area contributed by atoms with Gasteiger partial charge in [-0.05, 0) is 54.1 Å². The predicted octanol–water partition coefficient (Wildman–Crippen LogP) is 4.64. The van der Waals surface area contributed by atoms with Crippen LogP contribution in [-0.4, -0.2) is 17.9 Å². The molecule has 150 valence electrons. The molecule has 0 radical (unpaired) electrons. The standard InChI is InChI=1S/C23H16BrFN2O3/c24-15-8-6-14(7-9-15)20-19-21(30-27(20)18-4-2-1-3-5-18)23(29)26(22(19)28)17-12-10-16(25)11-13-17/h1-13,19-21H/t19-,20+,21+/m1/s1. The van der Waals surface area contributed by atoms with Crippen LogP contribution in [0, 0.1) is 11.7 Å². The van der Waals surface area contributed by atoms with E-state index in [0.717, 1.165) is 20.6 Å². The summed E-state index contributed by atoms with van der Waals surface area (Å²) >= 11 is 3.43. The van der Waals surface area contributed by atoms with Crippen molar-refractivity contribution in [3.05, 3.63) is 94.7 Å². The van der Waals surface area contributed by atoms with E-state index in [1.54, 1.807) is 5.06 Å². The van der Waals surface area contributed by atoms with Crippen molar-refractivity contribution in [1.82, 2.24) is 0 Å². The van der Waals surface area contributed by atoms with Crippen LogP contribution in [0.5, 0.6) is 0 Å². The molecule has 2 aliphatic heterocycles. The number of halogens is 2. The van der Waals surface area contributed by atoms with E-state index in [-0.39, 0.29) is 5.91 Å². The number of amides is 2. The molecule has 0 unspecified atom stereocenters. The smallest absolute Gasteiger partial charge is 0.266 e. The molecule has 2 aliphatic rings. The molecule has 0 bridgehead atoms. The Kier molecular flexibility index (Phi) is 4.64. The quantitative estimate of drug-likeness (QED) is 0.527. The van der Waals surface area contributed by atoms with Crippen molar-refractivity contribution in [3.63, 3.8) is 0 Å². The Labute approximate surface area is 180 Å². The first kappa shape index (κ1) is 19.0. The van der Waals surface area contributed by atoms with Crippen LogP contribution in [0.4, 0.5) is 15.8 Å². The monoisotopic (exact) mass is 466 g/mol. The number of carbonyl (C=O) groups is 2. The third-order valence-electron chi connectivity index (χ3n) is 5.42. The molecule has 3 atom stereocenters. The van der Waals surface area contributed by atoms with Crippen LogP contribution in [0.3, 0.4) is 0 Å². The Morgan fingerprint density at radius 1 is 0.800 bits per heavy atom. The number of imide groups is 1. The summed E-state index contributed by atoms with van der Waals surface area (Å²) in [5, 5.41) is 1.65. The number of fused-ring (bicyclic) bond motifs is 1. The number of rotatable bonds is 3. The van der Waals surface area contributed by atoms with Crippen molar-refractivity contribution in [2.75, 3.05) is 9.96 Å². The molecular formula is C23H16BrFN2O3. The van der Waals surface area contributed by atoms with Crippen molar-refractivity contribution >= 4 is 39.1 Å². The topological polar surface area (TPSA) is 49.9 Å². The lowest BCUT2D eigenvalue weighted by molar-refractivity contribution is -0.126. The fourth-order valence-electron chi connectivity index (χ4n) is 4.06. The average Bonchev–Trinajstić information content (AvgIpc) is 3.27. The molecule has 0 N–H and O–H groups in total. The third-order valence-corrected chi connectivity index (χ3v) is 5.95. The Bertz CT molecular complexity index is 1110. The van der Waals surface area contributed by atoms with Crippen molar-refractivity contribution in [1.29, 1.82) is 0 Å². The van der Waals surface area contributed by atoms with Gasteiger partial charge >= 0.3 is 0 Å². The summed E-state index contributed by atoms with van der Waals surface area (Å²) in [6.07, 6.45) is -0.948. The Morgan fingerprint density at radius 2 is 1.47 bits per heavy atom. The van der Waals surface area contributed by atoms with Gasteiger partial charge in [-0.2, -0.15) is 0 Å². The first-order valence-electron chi connectivity index (χ1n) is 9.44. The van der Waals surface area contributed by atoms with Gasteiger partial charge < -0.3 is 0 Å². The van der Waals surface area contributed by atoms with Gasteiger partial charge in [-0.1, -0.05) is 46.3 Å². The predicted molar refractivity (Wildman–Crippen MR) is 113 cm³/mol. The highest BCUT2D eigenvalue weighted by Crippen LogP contribution is 2.47. The van der Waals surface area contributed by atoms with Crippen LogP contribution in [-0.2, 0) is 14.4 Å². The molecule has 0 saturated carbocycles. The van der Waals surface area contributed by atoms with Crippen LogP contribution in [0.25, 0.3) is 0 Å². The maximum atomic E-state index is 13.4. The van der Waals surface area contributed by atoms with Gasteiger partial charge in [0.25, 0.3) is 5.91 Å². The molecule has 2 heterocycles. The van der Waals surface area contributed by atoms with Crippen LogP contribution in [0.15, 0.2) is 83.3 Å². The number of para-hydroxylation sites is 1. The summed E-state index contributed by atoms with van der Waals surface area (Å²) in [6.45, 7) is 0. The van der Waals surface area contributed by atoms with Gasteiger partial charge in [-0.25, -0.2) is 14.4 Å². The van der Waals surface area contributed by atoms with Crippen LogP contribution < -0.4 is 9.96 Å². The first-order chi connectivity index (χ1) is 14.5. The molecule has 5 nitrogen and oxygen atoms in total. The number of carbonyl (C=O) groups excluding carboxylic acids is 2. The summed E-state index contributed by atoms with van der Waals surface area (Å²) < 4.78 is 14.2. The summed E-state index contributed by atoms with van der Waals surface area (Å²) in [7, 11) is 0. The first-order valence-corrected chi connectivity index (χ1v) is 10.2. The van der Waals surface area contributed by atoms with Gasteiger partial charge in [0, 0.05) is 4.47 Å². The Balaban J connectivity index is 1.58. The van der Waals surface area contributed by atoms with Gasteiger partial charge in [0.2, 0.25) is 5.91 Å². The van der Waals surface area contributed by atoms with Crippen molar-refractivity contribution in [2.45, 2.75) is 12.1 Å². The minimum absolute atomic E-state index is 0.338. The van der Waals surface area contributed by atoms with Crippen LogP contribution >= 0.6 is 15.9 Å². The molecular weight excluding hydrogens is 451 g/mol. The number of hydrogen-bond donors (Lipinski definition) is 0. The second-order valence-electron chi connectivity index (χ2n) is 7.20. The van der Waals surface area contributed by atoms with E-state index < -0.39 is 29.8 Å².